The number of nitrogens with zero attached hydrogens (tertiary/aromatic N) is 1. The lowest BCUT2D eigenvalue weighted by atomic mass is 10.2. The van der Waals surface area contributed by atoms with E-state index in [0.717, 1.165) is 6.26 Å². The fraction of sp³-hybridized carbons (Fsp3) is 0.417. The molecule has 94 valence electrons. The summed E-state index contributed by atoms with van der Waals surface area (Å²) in [7, 11) is -1.51. The number of hydrogen-bond acceptors (Lipinski definition) is 3. The molecule has 1 rings (SSSR count). The molecule has 0 aliphatic heterocycles. The Hall–Kier alpha value is -1.36. The molecule has 0 radical (unpaired) electrons. The van der Waals surface area contributed by atoms with Gasteiger partial charge in [-0.2, -0.15) is 0 Å². The van der Waals surface area contributed by atoms with Crippen LogP contribution < -0.4 is 4.90 Å². The molecule has 0 fully saturated rings. The Labute approximate surface area is 102 Å². The maximum absolute atomic E-state index is 11.7. The van der Waals surface area contributed by atoms with Crippen molar-refractivity contribution in [2.75, 3.05) is 18.2 Å². The van der Waals surface area contributed by atoms with E-state index in [0.29, 0.717) is 5.69 Å². The second-order valence-electron chi connectivity index (χ2n) is 4.32. The van der Waals surface area contributed by atoms with Crippen molar-refractivity contribution in [3.05, 3.63) is 24.3 Å². The predicted molar refractivity (Wildman–Crippen MR) is 67.8 cm³/mol. The average molecular weight is 255 g/mol. The first kappa shape index (κ1) is 13.7. The van der Waals surface area contributed by atoms with Gasteiger partial charge in [0.25, 0.3) is 0 Å². The number of anilines is 1. The zero-order chi connectivity index (χ0) is 13.2. The van der Waals surface area contributed by atoms with Crippen LogP contribution in [-0.2, 0) is 14.6 Å². The van der Waals surface area contributed by atoms with Crippen molar-refractivity contribution in [1.29, 1.82) is 0 Å². The minimum absolute atomic E-state index is 0.00268. The van der Waals surface area contributed by atoms with E-state index in [9.17, 15) is 13.2 Å². The molecule has 0 unspecified atom stereocenters. The van der Waals surface area contributed by atoms with Crippen LogP contribution in [0.5, 0.6) is 0 Å². The summed E-state index contributed by atoms with van der Waals surface area (Å²) in [5.41, 5.74) is 0.691. The zero-order valence-electron chi connectivity index (χ0n) is 10.5. The molecule has 5 heteroatoms. The van der Waals surface area contributed by atoms with Crippen LogP contribution in [0.15, 0.2) is 29.2 Å². The molecule has 0 saturated heterocycles. The summed E-state index contributed by atoms with van der Waals surface area (Å²) in [6, 6.07) is 6.29. The van der Waals surface area contributed by atoms with E-state index in [1.807, 2.05) is 13.8 Å². The van der Waals surface area contributed by atoms with E-state index in [1.54, 1.807) is 19.2 Å². The molecule has 1 amide bonds. The molecule has 0 aliphatic rings. The van der Waals surface area contributed by atoms with Gasteiger partial charge in [-0.3, -0.25) is 4.79 Å². The van der Waals surface area contributed by atoms with Crippen LogP contribution in [0.25, 0.3) is 0 Å². The highest BCUT2D eigenvalue weighted by Crippen LogP contribution is 2.18. The van der Waals surface area contributed by atoms with Gasteiger partial charge in [0.1, 0.15) is 0 Å². The molecular formula is C12H17NO3S. The summed E-state index contributed by atoms with van der Waals surface area (Å²) in [4.78, 5) is 13.5. The Bertz CT molecular complexity index is 503. The van der Waals surface area contributed by atoms with Crippen molar-refractivity contribution in [1.82, 2.24) is 0 Å². The molecular weight excluding hydrogens is 238 g/mol. The van der Waals surface area contributed by atoms with Gasteiger partial charge in [0.2, 0.25) is 5.91 Å². The summed E-state index contributed by atoms with van der Waals surface area (Å²) in [6.45, 7) is 3.65. The van der Waals surface area contributed by atoms with Gasteiger partial charge in [0.05, 0.1) is 4.90 Å². The molecule has 0 saturated carbocycles. The van der Waals surface area contributed by atoms with Crippen molar-refractivity contribution < 1.29 is 13.2 Å². The molecule has 0 aromatic heterocycles. The van der Waals surface area contributed by atoms with Crippen LogP contribution in [-0.4, -0.2) is 27.6 Å². The normalized spacial score (nSPS) is 11.6. The van der Waals surface area contributed by atoms with Crippen LogP contribution in [0.3, 0.4) is 0 Å². The maximum atomic E-state index is 11.7. The Kier molecular flexibility index (Phi) is 3.93. The Morgan fingerprint density at radius 2 is 1.65 bits per heavy atom. The lowest BCUT2D eigenvalue weighted by Crippen LogP contribution is -2.30. The highest BCUT2D eigenvalue weighted by molar-refractivity contribution is 7.90. The molecule has 1 aromatic carbocycles. The van der Waals surface area contributed by atoms with Crippen molar-refractivity contribution in [3.63, 3.8) is 0 Å². The largest absolute Gasteiger partial charge is 0.315 e. The first-order valence-electron chi connectivity index (χ1n) is 5.31. The van der Waals surface area contributed by atoms with Crippen molar-refractivity contribution in [3.8, 4) is 0 Å². The SMILES string of the molecule is CC(C)C(=O)N(C)c1ccc(S(C)(=O)=O)cc1. The average Bonchev–Trinajstić information content (AvgIpc) is 2.26. The van der Waals surface area contributed by atoms with E-state index in [-0.39, 0.29) is 16.7 Å². The second-order valence-corrected chi connectivity index (χ2v) is 6.33. The van der Waals surface area contributed by atoms with E-state index >= 15 is 0 Å². The Morgan fingerprint density at radius 1 is 1.18 bits per heavy atom. The number of carbonyl (C=O) groups excluding carboxylic acids is 1. The van der Waals surface area contributed by atoms with Crippen LogP contribution in [0.2, 0.25) is 0 Å². The van der Waals surface area contributed by atoms with Crippen LogP contribution in [0.4, 0.5) is 5.69 Å². The third-order valence-electron chi connectivity index (χ3n) is 2.48. The van der Waals surface area contributed by atoms with Gasteiger partial charge >= 0.3 is 0 Å². The number of benzene rings is 1. The smallest absolute Gasteiger partial charge is 0.229 e. The first-order valence-corrected chi connectivity index (χ1v) is 7.20. The topological polar surface area (TPSA) is 54.5 Å². The van der Waals surface area contributed by atoms with Gasteiger partial charge in [-0.1, -0.05) is 13.8 Å². The fourth-order valence-corrected chi connectivity index (χ4v) is 2.06. The molecule has 0 spiro atoms. The molecule has 0 N–H and O–H groups in total. The summed E-state index contributed by atoms with van der Waals surface area (Å²) < 4.78 is 22.6. The predicted octanol–water partition coefficient (Wildman–Crippen LogP) is 1.71. The highest BCUT2D eigenvalue weighted by Gasteiger charge is 2.15. The molecule has 0 heterocycles. The summed E-state index contributed by atoms with van der Waals surface area (Å²) in [6.07, 6.45) is 1.16. The number of amides is 1. The number of carbonyl (C=O) groups is 1. The third-order valence-corrected chi connectivity index (χ3v) is 3.61. The summed E-state index contributed by atoms with van der Waals surface area (Å²) >= 11 is 0. The van der Waals surface area contributed by atoms with Crippen molar-refractivity contribution >= 4 is 21.4 Å². The van der Waals surface area contributed by atoms with E-state index in [4.69, 9.17) is 0 Å². The van der Waals surface area contributed by atoms with E-state index in [2.05, 4.69) is 0 Å². The molecule has 4 nitrogen and oxygen atoms in total. The summed E-state index contributed by atoms with van der Waals surface area (Å²) in [5.74, 6) is -0.0910. The molecule has 17 heavy (non-hydrogen) atoms. The third kappa shape index (κ3) is 3.30. The summed E-state index contributed by atoms with van der Waals surface area (Å²) in [5, 5.41) is 0. The molecule has 0 atom stereocenters. The number of hydrogen-bond donors (Lipinski definition) is 0. The Morgan fingerprint density at radius 3 is 2.00 bits per heavy atom. The van der Waals surface area contributed by atoms with Crippen LogP contribution >= 0.6 is 0 Å². The van der Waals surface area contributed by atoms with E-state index < -0.39 is 9.84 Å². The van der Waals surface area contributed by atoms with Crippen molar-refractivity contribution in [2.24, 2.45) is 5.92 Å². The fourth-order valence-electron chi connectivity index (χ4n) is 1.43. The molecule has 1 aromatic rings. The minimum Gasteiger partial charge on any atom is -0.315 e. The second kappa shape index (κ2) is 4.87. The molecule has 0 aliphatic carbocycles. The number of rotatable bonds is 3. The minimum atomic E-state index is -3.19. The lowest BCUT2D eigenvalue weighted by Gasteiger charge is -2.19. The van der Waals surface area contributed by atoms with Gasteiger partial charge in [-0.05, 0) is 24.3 Å². The molecule has 0 bridgehead atoms. The Balaban J connectivity index is 3.00. The van der Waals surface area contributed by atoms with Crippen molar-refractivity contribution in [2.45, 2.75) is 18.7 Å². The van der Waals surface area contributed by atoms with E-state index in [1.165, 1.54) is 17.0 Å². The quantitative estimate of drug-likeness (QED) is 0.826. The monoisotopic (exact) mass is 255 g/mol. The van der Waals surface area contributed by atoms with Gasteiger partial charge in [-0.25, -0.2) is 8.42 Å². The first-order chi connectivity index (χ1) is 7.73. The highest BCUT2D eigenvalue weighted by atomic mass is 32.2. The number of sulfone groups is 1. The van der Waals surface area contributed by atoms with Crippen LogP contribution in [0.1, 0.15) is 13.8 Å². The van der Waals surface area contributed by atoms with Gasteiger partial charge in [-0.15, -0.1) is 0 Å². The zero-order valence-corrected chi connectivity index (χ0v) is 11.3. The van der Waals surface area contributed by atoms with Gasteiger partial charge < -0.3 is 4.90 Å². The van der Waals surface area contributed by atoms with Gasteiger partial charge in [0, 0.05) is 24.9 Å². The standard InChI is InChI=1S/C12H17NO3S/c1-9(2)12(14)13(3)10-5-7-11(8-6-10)17(4,15)16/h5-9H,1-4H3. The van der Waals surface area contributed by atoms with Crippen LogP contribution in [0, 0.1) is 5.92 Å². The maximum Gasteiger partial charge on any atom is 0.229 e. The lowest BCUT2D eigenvalue weighted by molar-refractivity contribution is -0.121. The van der Waals surface area contributed by atoms with Gasteiger partial charge in [0.15, 0.2) is 9.84 Å².